The highest BCUT2D eigenvalue weighted by Gasteiger charge is 2.80. The number of ketones is 1. The van der Waals surface area contributed by atoms with E-state index in [-0.39, 0.29) is 17.2 Å². The summed E-state index contributed by atoms with van der Waals surface area (Å²) in [6.07, 6.45) is 0.306. The molecule has 3 aromatic rings. The number of nitro benzene ring substituents is 1. The number of Topliss-reactive ketones (excluding diaryl/α,β-unsaturated/α-hetero) is 1. The minimum atomic E-state index is -1.30. The smallest absolute Gasteiger partial charge is 0.297 e. The number of carbonyl (C=O) groups is 3. The lowest BCUT2D eigenvalue weighted by atomic mass is 9.62. The lowest BCUT2D eigenvalue weighted by Crippen LogP contribution is -2.41. The van der Waals surface area contributed by atoms with Crippen LogP contribution in [-0.2, 0) is 14.4 Å². The highest BCUT2D eigenvalue weighted by Crippen LogP contribution is 2.74. The Balaban J connectivity index is 1.62. The molecule has 2 fully saturated rings. The van der Waals surface area contributed by atoms with E-state index in [1.165, 1.54) is 25.3 Å². The predicted molar refractivity (Wildman–Crippen MR) is 145 cm³/mol. The van der Waals surface area contributed by atoms with E-state index in [0.717, 1.165) is 27.2 Å². The first-order valence-electron chi connectivity index (χ1n) is 12.8. The summed E-state index contributed by atoms with van der Waals surface area (Å²) in [5.41, 5.74) is 0.0645. The van der Waals surface area contributed by atoms with Crippen molar-refractivity contribution in [2.75, 3.05) is 12.0 Å². The molecule has 0 spiro atoms. The van der Waals surface area contributed by atoms with Gasteiger partial charge in [-0.15, -0.1) is 0 Å². The lowest BCUT2D eigenvalue weighted by molar-refractivity contribution is -0.384. The average molecular weight is 523 g/mol. The van der Waals surface area contributed by atoms with Crippen molar-refractivity contribution in [3.63, 3.8) is 0 Å². The fourth-order valence-electron chi connectivity index (χ4n) is 7.33. The second-order valence-corrected chi connectivity index (χ2v) is 10.4. The molecule has 3 aliphatic rings. The van der Waals surface area contributed by atoms with Crippen molar-refractivity contribution in [3.8, 4) is 5.75 Å². The van der Waals surface area contributed by atoms with Gasteiger partial charge in [0, 0.05) is 0 Å². The van der Waals surface area contributed by atoms with Crippen LogP contribution in [0.15, 0.2) is 78.9 Å². The van der Waals surface area contributed by atoms with Gasteiger partial charge in [-0.25, -0.2) is 4.90 Å². The van der Waals surface area contributed by atoms with E-state index in [9.17, 15) is 24.5 Å². The Bertz CT molecular complexity index is 1600. The standard InChI is InChI=1S/C31H26N2O6/c1-4-31-24(19-13-9-6-10-14-19)23(18-11-7-5-8-12-18)30(2,29(31)36)25-26(31)28(35)32(27(25)34)21-16-15-20(39-3)17-22(21)33(37)38/h5-17,25-26H,4H2,1-3H3/t25-,26+,30-,31+/m0/s1. The van der Waals surface area contributed by atoms with Crippen molar-refractivity contribution in [2.45, 2.75) is 20.3 Å². The quantitative estimate of drug-likeness (QED) is 0.246. The maximum absolute atomic E-state index is 14.5. The number of carbonyl (C=O) groups excluding carboxylic acids is 3. The van der Waals surface area contributed by atoms with Crippen LogP contribution in [0.2, 0.25) is 0 Å². The summed E-state index contributed by atoms with van der Waals surface area (Å²) in [4.78, 5) is 55.3. The molecule has 39 heavy (non-hydrogen) atoms. The molecule has 0 aromatic heterocycles. The molecule has 8 nitrogen and oxygen atoms in total. The number of amides is 2. The zero-order chi connectivity index (χ0) is 27.7. The SMILES string of the molecule is CC[C@@]12C(=O)[C@@](C)(C(c3ccccc3)=C1c1ccccc1)[C@@H]1C(=O)N(c3ccc(OC)cc3[N+](=O)[O-])C(=O)[C@@H]12. The van der Waals surface area contributed by atoms with E-state index in [1.807, 2.05) is 67.6 Å². The summed E-state index contributed by atoms with van der Waals surface area (Å²) in [5.74, 6) is -3.05. The number of hydrogen-bond acceptors (Lipinski definition) is 6. The molecule has 2 aliphatic carbocycles. The van der Waals surface area contributed by atoms with Crippen LogP contribution in [0.3, 0.4) is 0 Å². The fraction of sp³-hybridized carbons (Fsp3) is 0.258. The van der Waals surface area contributed by atoms with Crippen LogP contribution in [0.5, 0.6) is 5.75 Å². The Morgan fingerprint density at radius 1 is 0.872 bits per heavy atom. The number of allylic oxidation sites excluding steroid dienone is 2. The molecular formula is C31H26N2O6. The first-order chi connectivity index (χ1) is 18.7. The topological polar surface area (TPSA) is 107 Å². The van der Waals surface area contributed by atoms with Crippen LogP contribution < -0.4 is 9.64 Å². The molecule has 0 radical (unpaired) electrons. The second kappa shape index (κ2) is 8.46. The van der Waals surface area contributed by atoms with Crippen LogP contribution in [-0.4, -0.2) is 29.6 Å². The monoisotopic (exact) mass is 522 g/mol. The summed E-state index contributed by atoms with van der Waals surface area (Å²) in [6, 6.07) is 23.1. The number of anilines is 1. The van der Waals surface area contributed by atoms with Crippen molar-refractivity contribution >= 4 is 40.1 Å². The van der Waals surface area contributed by atoms with Crippen molar-refractivity contribution in [3.05, 3.63) is 100 Å². The third-order valence-electron chi connectivity index (χ3n) is 8.85. The van der Waals surface area contributed by atoms with Gasteiger partial charge in [0.15, 0.2) is 5.78 Å². The molecule has 0 unspecified atom stereocenters. The van der Waals surface area contributed by atoms with Gasteiger partial charge in [0.2, 0.25) is 11.8 Å². The van der Waals surface area contributed by atoms with Crippen LogP contribution in [0, 0.1) is 32.8 Å². The Hall–Kier alpha value is -4.59. The minimum Gasteiger partial charge on any atom is -0.496 e. The summed E-state index contributed by atoms with van der Waals surface area (Å²) in [7, 11) is 1.38. The first-order valence-corrected chi connectivity index (χ1v) is 12.8. The molecule has 2 bridgehead atoms. The van der Waals surface area contributed by atoms with Gasteiger partial charge in [0.05, 0.1) is 40.8 Å². The van der Waals surface area contributed by atoms with E-state index in [2.05, 4.69) is 0 Å². The van der Waals surface area contributed by atoms with Gasteiger partial charge >= 0.3 is 0 Å². The molecule has 196 valence electrons. The van der Waals surface area contributed by atoms with Gasteiger partial charge in [-0.2, -0.15) is 0 Å². The van der Waals surface area contributed by atoms with E-state index < -0.39 is 45.1 Å². The number of ether oxygens (including phenoxy) is 1. The van der Waals surface area contributed by atoms with Crippen LogP contribution in [0.1, 0.15) is 31.4 Å². The molecule has 1 heterocycles. The number of methoxy groups -OCH3 is 1. The summed E-state index contributed by atoms with van der Waals surface area (Å²) >= 11 is 0. The summed E-state index contributed by atoms with van der Waals surface area (Å²) in [5, 5.41) is 12.0. The maximum atomic E-state index is 14.5. The summed E-state index contributed by atoms with van der Waals surface area (Å²) in [6.45, 7) is 3.63. The highest BCUT2D eigenvalue weighted by molar-refractivity contribution is 6.35. The molecule has 1 saturated carbocycles. The molecule has 2 amide bonds. The zero-order valence-corrected chi connectivity index (χ0v) is 21.7. The van der Waals surface area contributed by atoms with Crippen LogP contribution in [0.25, 0.3) is 11.1 Å². The van der Waals surface area contributed by atoms with Crippen molar-refractivity contribution in [2.24, 2.45) is 22.7 Å². The van der Waals surface area contributed by atoms with Crippen molar-refractivity contribution in [1.29, 1.82) is 0 Å². The molecular weight excluding hydrogens is 496 g/mol. The Morgan fingerprint density at radius 2 is 1.44 bits per heavy atom. The normalized spacial score (nSPS) is 27.4. The maximum Gasteiger partial charge on any atom is 0.297 e. The van der Waals surface area contributed by atoms with E-state index in [1.54, 1.807) is 6.92 Å². The van der Waals surface area contributed by atoms with Gasteiger partial charge in [0.1, 0.15) is 11.4 Å². The number of imide groups is 1. The average Bonchev–Trinajstić information content (AvgIpc) is 3.43. The largest absolute Gasteiger partial charge is 0.496 e. The van der Waals surface area contributed by atoms with Gasteiger partial charge < -0.3 is 4.74 Å². The number of nitro groups is 1. The number of benzene rings is 3. The number of rotatable bonds is 6. The Labute approximate surface area is 225 Å². The van der Waals surface area contributed by atoms with E-state index in [0.29, 0.717) is 6.42 Å². The molecule has 1 aliphatic heterocycles. The highest BCUT2D eigenvalue weighted by atomic mass is 16.6. The number of hydrogen-bond donors (Lipinski definition) is 0. The predicted octanol–water partition coefficient (Wildman–Crippen LogP) is 5.32. The van der Waals surface area contributed by atoms with E-state index >= 15 is 0 Å². The first kappa shape index (κ1) is 24.7. The summed E-state index contributed by atoms with van der Waals surface area (Å²) < 4.78 is 5.14. The van der Waals surface area contributed by atoms with Gasteiger partial charge in [-0.1, -0.05) is 67.6 Å². The van der Waals surface area contributed by atoms with Crippen molar-refractivity contribution < 1.29 is 24.0 Å². The van der Waals surface area contributed by atoms with Gasteiger partial charge in [-0.3, -0.25) is 24.5 Å². The molecule has 3 aromatic carbocycles. The fourth-order valence-corrected chi connectivity index (χ4v) is 7.33. The second-order valence-electron chi connectivity index (χ2n) is 10.4. The zero-order valence-electron chi connectivity index (χ0n) is 21.7. The molecule has 4 atom stereocenters. The number of fused-ring (bicyclic) bond motifs is 5. The minimum absolute atomic E-state index is 0.116. The lowest BCUT2D eigenvalue weighted by Gasteiger charge is -2.37. The third kappa shape index (κ3) is 2.97. The number of nitrogens with zero attached hydrogens (tertiary/aromatic N) is 2. The Morgan fingerprint density at radius 3 is 1.97 bits per heavy atom. The van der Waals surface area contributed by atoms with E-state index in [4.69, 9.17) is 4.74 Å². The van der Waals surface area contributed by atoms with Crippen molar-refractivity contribution in [1.82, 2.24) is 0 Å². The van der Waals surface area contributed by atoms with Gasteiger partial charge in [-0.05, 0) is 47.8 Å². The van der Waals surface area contributed by atoms with Gasteiger partial charge in [0.25, 0.3) is 5.69 Å². The molecule has 0 N–H and O–H groups in total. The molecule has 1 saturated heterocycles. The third-order valence-corrected chi connectivity index (χ3v) is 8.85. The van der Waals surface area contributed by atoms with Crippen LogP contribution >= 0.6 is 0 Å². The van der Waals surface area contributed by atoms with Crippen LogP contribution in [0.4, 0.5) is 11.4 Å². The molecule has 6 rings (SSSR count). The Kier molecular flexibility index (Phi) is 5.36. The molecule has 8 heteroatoms.